The lowest BCUT2D eigenvalue weighted by Crippen LogP contribution is -2.36. The van der Waals surface area contributed by atoms with Gasteiger partial charge in [-0.25, -0.2) is 4.98 Å². The van der Waals surface area contributed by atoms with Crippen LogP contribution in [0.3, 0.4) is 0 Å². The van der Waals surface area contributed by atoms with Crippen LogP contribution in [0.4, 0.5) is 5.82 Å². The molecular weight excluding hydrogens is 168 g/mol. The monoisotopic (exact) mass is 176 g/mol. The second-order valence-corrected chi connectivity index (χ2v) is 2.57. The number of hydrogen-bond acceptors (Lipinski definition) is 4. The Balaban J connectivity index is 2.22. The average molecular weight is 176 g/mol. The van der Waals surface area contributed by atoms with Gasteiger partial charge in [0, 0.05) is 24.8 Å². The van der Waals surface area contributed by atoms with Crippen molar-refractivity contribution in [2.45, 2.75) is 0 Å². The second-order valence-electron chi connectivity index (χ2n) is 2.57. The van der Waals surface area contributed by atoms with Crippen molar-refractivity contribution < 1.29 is 4.79 Å². The molecule has 0 aliphatic carbocycles. The molecule has 1 aromatic rings. The molecule has 0 fully saturated rings. The van der Waals surface area contributed by atoms with Gasteiger partial charge in [-0.05, 0) is 0 Å². The summed E-state index contributed by atoms with van der Waals surface area (Å²) < 4.78 is 0. The van der Waals surface area contributed by atoms with Gasteiger partial charge in [-0.1, -0.05) is 0 Å². The van der Waals surface area contributed by atoms with Gasteiger partial charge >= 0.3 is 0 Å². The normalized spacial score (nSPS) is 15.7. The van der Waals surface area contributed by atoms with Gasteiger partial charge in [0.05, 0.1) is 6.20 Å². The van der Waals surface area contributed by atoms with E-state index < -0.39 is 0 Å². The van der Waals surface area contributed by atoms with E-state index in [9.17, 15) is 4.79 Å². The molecule has 0 bridgehead atoms. The number of nitrogens with one attached hydrogen (secondary N) is 1. The zero-order chi connectivity index (χ0) is 9.10. The predicted octanol–water partition coefficient (Wildman–Crippen LogP) is -0.116. The Bertz CT molecular complexity index is 335. The van der Waals surface area contributed by atoms with Crippen LogP contribution in [0.25, 0.3) is 0 Å². The van der Waals surface area contributed by atoms with E-state index in [4.69, 9.17) is 0 Å². The van der Waals surface area contributed by atoms with Crippen LogP contribution < -0.4 is 10.2 Å². The summed E-state index contributed by atoms with van der Waals surface area (Å²) in [7, 11) is 0. The Morgan fingerprint density at radius 1 is 1.46 bits per heavy atom. The Kier molecular flexibility index (Phi) is 1.91. The van der Waals surface area contributed by atoms with Crippen LogP contribution in [-0.4, -0.2) is 22.4 Å². The summed E-state index contributed by atoms with van der Waals surface area (Å²) in [6, 6.07) is 0. The van der Waals surface area contributed by atoms with Crippen molar-refractivity contribution in [1.82, 2.24) is 15.3 Å². The highest BCUT2D eigenvalue weighted by atomic mass is 16.2. The highest BCUT2D eigenvalue weighted by molar-refractivity contribution is 5.83. The van der Waals surface area contributed by atoms with Crippen LogP contribution in [-0.2, 0) is 4.79 Å². The van der Waals surface area contributed by atoms with Crippen molar-refractivity contribution >= 4 is 11.7 Å². The molecule has 0 radical (unpaired) electrons. The molecule has 1 amide bonds. The number of anilines is 1. The van der Waals surface area contributed by atoms with E-state index in [-0.39, 0.29) is 12.5 Å². The molecule has 0 atom stereocenters. The summed E-state index contributed by atoms with van der Waals surface area (Å²) in [5.74, 6) is 0.627. The van der Waals surface area contributed by atoms with E-state index in [0.29, 0.717) is 5.82 Å². The lowest BCUT2D eigenvalue weighted by atomic mass is 10.4. The molecular formula is C8H8N4O. The molecule has 0 unspecified atom stereocenters. The summed E-state index contributed by atoms with van der Waals surface area (Å²) in [6.07, 6.45) is 8.14. The van der Waals surface area contributed by atoms with Gasteiger partial charge in [-0.2, -0.15) is 0 Å². The van der Waals surface area contributed by atoms with Gasteiger partial charge in [0.1, 0.15) is 6.54 Å². The molecule has 1 aliphatic heterocycles. The van der Waals surface area contributed by atoms with Crippen LogP contribution in [0.15, 0.2) is 31.0 Å². The standard InChI is InChI=1S/C8H8N4O/c13-8-6-12(4-3-11-8)7-5-9-1-2-10-7/h1-5H,6H2,(H,11,13). The van der Waals surface area contributed by atoms with Gasteiger partial charge in [0.25, 0.3) is 0 Å². The minimum atomic E-state index is -0.0480. The number of amides is 1. The highest BCUT2D eigenvalue weighted by Crippen LogP contribution is 2.08. The molecule has 2 heterocycles. The fourth-order valence-electron chi connectivity index (χ4n) is 1.07. The lowest BCUT2D eigenvalue weighted by molar-refractivity contribution is -0.119. The Morgan fingerprint density at radius 2 is 2.38 bits per heavy atom. The quantitative estimate of drug-likeness (QED) is 0.648. The SMILES string of the molecule is O=C1CN(c2cnccn2)C=CN1. The minimum absolute atomic E-state index is 0.0480. The van der Waals surface area contributed by atoms with Crippen LogP contribution in [0, 0.1) is 0 Å². The van der Waals surface area contributed by atoms with Crippen LogP contribution in [0.5, 0.6) is 0 Å². The number of aromatic nitrogens is 2. The number of carbonyl (C=O) groups is 1. The van der Waals surface area contributed by atoms with Gasteiger partial charge in [-0.15, -0.1) is 0 Å². The predicted molar refractivity (Wildman–Crippen MR) is 46.7 cm³/mol. The molecule has 1 aromatic heterocycles. The Hall–Kier alpha value is -1.91. The van der Waals surface area contributed by atoms with Crippen molar-refractivity contribution in [2.75, 3.05) is 11.4 Å². The number of carbonyl (C=O) groups excluding carboxylic acids is 1. The van der Waals surface area contributed by atoms with Crippen molar-refractivity contribution in [1.29, 1.82) is 0 Å². The molecule has 0 saturated heterocycles. The van der Waals surface area contributed by atoms with Crippen molar-refractivity contribution in [3.63, 3.8) is 0 Å². The maximum Gasteiger partial charge on any atom is 0.243 e. The molecule has 5 nitrogen and oxygen atoms in total. The van der Waals surface area contributed by atoms with Crippen LogP contribution in [0.1, 0.15) is 0 Å². The molecule has 2 rings (SSSR count). The Morgan fingerprint density at radius 3 is 3.08 bits per heavy atom. The maximum atomic E-state index is 11.0. The fourth-order valence-corrected chi connectivity index (χ4v) is 1.07. The van der Waals surface area contributed by atoms with E-state index in [2.05, 4.69) is 15.3 Å². The number of hydrogen-bond donors (Lipinski definition) is 1. The molecule has 13 heavy (non-hydrogen) atoms. The maximum absolute atomic E-state index is 11.0. The van der Waals surface area contributed by atoms with E-state index in [0.717, 1.165) is 0 Å². The molecule has 0 spiro atoms. The van der Waals surface area contributed by atoms with E-state index in [1.54, 1.807) is 35.9 Å². The highest BCUT2D eigenvalue weighted by Gasteiger charge is 2.12. The summed E-state index contributed by atoms with van der Waals surface area (Å²) in [4.78, 5) is 20.7. The average Bonchev–Trinajstić information content (AvgIpc) is 2.19. The first-order valence-electron chi connectivity index (χ1n) is 3.85. The first kappa shape index (κ1) is 7.72. The van der Waals surface area contributed by atoms with Crippen LogP contribution in [0.2, 0.25) is 0 Å². The number of nitrogens with zero attached hydrogens (tertiary/aromatic N) is 3. The number of rotatable bonds is 1. The van der Waals surface area contributed by atoms with Crippen molar-refractivity contribution in [3.8, 4) is 0 Å². The first-order chi connectivity index (χ1) is 6.36. The largest absolute Gasteiger partial charge is 0.330 e. The van der Waals surface area contributed by atoms with E-state index >= 15 is 0 Å². The molecule has 0 aromatic carbocycles. The zero-order valence-corrected chi connectivity index (χ0v) is 6.84. The van der Waals surface area contributed by atoms with Gasteiger partial charge in [0.2, 0.25) is 5.91 Å². The molecule has 0 saturated carbocycles. The lowest BCUT2D eigenvalue weighted by Gasteiger charge is -2.20. The third kappa shape index (κ3) is 1.64. The van der Waals surface area contributed by atoms with Crippen LogP contribution >= 0.6 is 0 Å². The first-order valence-corrected chi connectivity index (χ1v) is 3.85. The molecule has 5 heteroatoms. The molecule has 1 aliphatic rings. The van der Waals surface area contributed by atoms with E-state index in [1.807, 2.05) is 0 Å². The zero-order valence-electron chi connectivity index (χ0n) is 6.84. The van der Waals surface area contributed by atoms with Gasteiger partial charge in [-0.3, -0.25) is 9.78 Å². The van der Waals surface area contributed by atoms with E-state index in [1.165, 1.54) is 0 Å². The summed E-state index contributed by atoms with van der Waals surface area (Å²) in [5, 5.41) is 2.57. The third-order valence-corrected chi connectivity index (χ3v) is 1.66. The summed E-state index contributed by atoms with van der Waals surface area (Å²) in [5.41, 5.74) is 0. The van der Waals surface area contributed by atoms with Crippen molar-refractivity contribution in [2.24, 2.45) is 0 Å². The Labute approximate surface area is 75.1 Å². The second kappa shape index (κ2) is 3.22. The smallest absolute Gasteiger partial charge is 0.243 e. The molecule has 1 N–H and O–H groups in total. The van der Waals surface area contributed by atoms with Crippen molar-refractivity contribution in [3.05, 3.63) is 31.0 Å². The third-order valence-electron chi connectivity index (χ3n) is 1.66. The fraction of sp³-hybridized carbons (Fsp3) is 0.125. The topological polar surface area (TPSA) is 58.1 Å². The summed E-state index contributed by atoms with van der Waals surface area (Å²) >= 11 is 0. The van der Waals surface area contributed by atoms with Gasteiger partial charge in [0.15, 0.2) is 5.82 Å². The minimum Gasteiger partial charge on any atom is -0.330 e. The summed E-state index contributed by atoms with van der Waals surface area (Å²) in [6.45, 7) is 0.287. The molecule has 66 valence electrons. The van der Waals surface area contributed by atoms with Gasteiger partial charge < -0.3 is 10.2 Å².